The van der Waals surface area contributed by atoms with Gasteiger partial charge in [-0.05, 0) is 18.1 Å². The predicted octanol–water partition coefficient (Wildman–Crippen LogP) is 3.44. The number of thioether (sulfide) groups is 1. The van der Waals surface area contributed by atoms with Crippen molar-refractivity contribution >= 4 is 29.4 Å². The highest BCUT2D eigenvalue weighted by Crippen LogP contribution is 2.34. The smallest absolute Gasteiger partial charge is 0.242 e. The number of rotatable bonds is 7. The topological polar surface area (TPSA) is 76.0 Å². The van der Waals surface area contributed by atoms with Gasteiger partial charge in [-0.15, -0.1) is 0 Å². The Hall–Kier alpha value is -3.06. The van der Waals surface area contributed by atoms with E-state index in [2.05, 4.69) is 15.7 Å². The van der Waals surface area contributed by atoms with Crippen LogP contribution in [0.15, 0.2) is 54.6 Å². The van der Waals surface area contributed by atoms with E-state index in [9.17, 15) is 9.59 Å². The average Bonchev–Trinajstić information content (AvgIpc) is 3.30. The lowest BCUT2D eigenvalue weighted by Crippen LogP contribution is -2.29. The number of aryl methyl sites for hydroxylation is 1. The minimum absolute atomic E-state index is 0.0740. The Morgan fingerprint density at radius 3 is 2.63 bits per heavy atom. The summed E-state index contributed by atoms with van der Waals surface area (Å²) in [6, 6.07) is 17.7. The number of benzene rings is 2. The van der Waals surface area contributed by atoms with Crippen LogP contribution in [0.2, 0.25) is 0 Å². The number of hydrogen-bond donors (Lipinski definition) is 2. The number of nitrogens with one attached hydrogen (secondary N) is 2. The van der Waals surface area contributed by atoms with Crippen LogP contribution in [-0.2, 0) is 40.6 Å². The molecule has 0 unspecified atom stereocenters. The van der Waals surface area contributed by atoms with Crippen molar-refractivity contribution in [1.29, 1.82) is 0 Å². The Labute approximate surface area is 180 Å². The van der Waals surface area contributed by atoms with E-state index >= 15 is 0 Å². The maximum Gasteiger partial charge on any atom is 0.242 e. The number of nitrogens with zero attached hydrogens (tertiary/aromatic N) is 2. The van der Waals surface area contributed by atoms with E-state index in [-0.39, 0.29) is 24.8 Å². The summed E-state index contributed by atoms with van der Waals surface area (Å²) in [5, 5.41) is 10.5. The Morgan fingerprint density at radius 2 is 1.83 bits per heavy atom. The molecule has 0 radical (unpaired) electrons. The van der Waals surface area contributed by atoms with E-state index in [0.29, 0.717) is 12.4 Å². The van der Waals surface area contributed by atoms with Gasteiger partial charge < -0.3 is 10.6 Å². The Bertz CT molecular complexity index is 1060. The quantitative estimate of drug-likeness (QED) is 0.614. The molecule has 7 heteroatoms. The standard InChI is InChI=1S/C23H24N4O2S/c1-16-6-5-9-18(10-16)11-21(28)25-23-19-14-30-15-20(19)26-27(23)13-22(29)24-12-17-7-3-2-4-8-17/h2-10H,11-15H2,1H3,(H,24,29)(H,25,28). The molecule has 0 saturated heterocycles. The fourth-order valence-corrected chi connectivity index (χ4v) is 4.53. The number of anilines is 1. The molecule has 1 aromatic heterocycles. The normalized spacial score (nSPS) is 12.4. The van der Waals surface area contributed by atoms with E-state index in [1.54, 1.807) is 16.4 Å². The third kappa shape index (κ3) is 4.91. The Morgan fingerprint density at radius 1 is 1.03 bits per heavy atom. The number of carbonyl (C=O) groups is 2. The number of fused-ring (bicyclic) bond motifs is 1. The first-order chi connectivity index (χ1) is 14.6. The molecule has 2 aromatic carbocycles. The van der Waals surface area contributed by atoms with Crippen molar-refractivity contribution in [2.45, 2.75) is 37.9 Å². The van der Waals surface area contributed by atoms with Gasteiger partial charge in [0.25, 0.3) is 0 Å². The van der Waals surface area contributed by atoms with Gasteiger partial charge in [-0.3, -0.25) is 9.59 Å². The second kappa shape index (κ2) is 9.17. The molecule has 3 aromatic rings. The summed E-state index contributed by atoms with van der Waals surface area (Å²) in [5.41, 5.74) is 5.09. The molecule has 154 valence electrons. The van der Waals surface area contributed by atoms with Gasteiger partial charge in [0.05, 0.1) is 12.1 Å². The van der Waals surface area contributed by atoms with Crippen LogP contribution in [0.25, 0.3) is 0 Å². The molecular weight excluding hydrogens is 396 g/mol. The van der Waals surface area contributed by atoms with E-state index in [4.69, 9.17) is 0 Å². The lowest BCUT2D eigenvalue weighted by Gasteiger charge is -2.12. The van der Waals surface area contributed by atoms with Crippen molar-refractivity contribution < 1.29 is 9.59 Å². The molecule has 0 saturated carbocycles. The van der Waals surface area contributed by atoms with Crippen LogP contribution in [-0.4, -0.2) is 21.6 Å². The predicted molar refractivity (Wildman–Crippen MR) is 119 cm³/mol. The summed E-state index contributed by atoms with van der Waals surface area (Å²) < 4.78 is 1.62. The van der Waals surface area contributed by atoms with Crippen LogP contribution in [0.4, 0.5) is 5.82 Å². The number of carbonyl (C=O) groups excluding carboxylic acids is 2. The van der Waals surface area contributed by atoms with Crippen LogP contribution >= 0.6 is 11.8 Å². The first-order valence-electron chi connectivity index (χ1n) is 9.91. The van der Waals surface area contributed by atoms with E-state index in [1.165, 1.54) is 0 Å². The van der Waals surface area contributed by atoms with Crippen LogP contribution < -0.4 is 10.6 Å². The fourth-order valence-electron chi connectivity index (χ4n) is 3.49. The summed E-state index contributed by atoms with van der Waals surface area (Å²) in [6.07, 6.45) is 0.287. The molecule has 2 heterocycles. The van der Waals surface area contributed by atoms with E-state index in [0.717, 1.165) is 39.5 Å². The minimum Gasteiger partial charge on any atom is -0.350 e. The molecule has 6 nitrogen and oxygen atoms in total. The molecule has 0 aliphatic carbocycles. The highest BCUT2D eigenvalue weighted by molar-refractivity contribution is 7.98. The summed E-state index contributed by atoms with van der Waals surface area (Å²) in [4.78, 5) is 25.2. The van der Waals surface area contributed by atoms with Gasteiger partial charge in [-0.25, -0.2) is 4.68 Å². The van der Waals surface area contributed by atoms with E-state index < -0.39 is 0 Å². The number of hydrogen-bond acceptors (Lipinski definition) is 4. The SMILES string of the molecule is Cc1cccc(CC(=O)Nc2c3c(nn2CC(=O)NCc2ccccc2)CSC3)c1. The first-order valence-corrected chi connectivity index (χ1v) is 11.1. The molecule has 30 heavy (non-hydrogen) atoms. The van der Waals surface area contributed by atoms with Gasteiger partial charge in [0, 0.05) is 23.6 Å². The lowest BCUT2D eigenvalue weighted by molar-refractivity contribution is -0.122. The molecule has 1 aliphatic heterocycles. The average molecular weight is 421 g/mol. The van der Waals surface area contributed by atoms with Crippen molar-refractivity contribution in [3.05, 3.63) is 82.5 Å². The second-order valence-electron chi connectivity index (χ2n) is 7.40. The van der Waals surface area contributed by atoms with Gasteiger partial charge in [-0.1, -0.05) is 60.2 Å². The monoisotopic (exact) mass is 420 g/mol. The highest BCUT2D eigenvalue weighted by atomic mass is 32.2. The van der Waals surface area contributed by atoms with E-state index in [1.807, 2.05) is 61.5 Å². The van der Waals surface area contributed by atoms with Gasteiger partial charge in [0.1, 0.15) is 12.4 Å². The summed E-state index contributed by atoms with van der Waals surface area (Å²) in [5.74, 6) is 1.99. The molecule has 2 N–H and O–H groups in total. The Kier molecular flexibility index (Phi) is 6.18. The van der Waals surface area contributed by atoms with Crippen LogP contribution in [0.3, 0.4) is 0 Å². The van der Waals surface area contributed by atoms with Crippen molar-refractivity contribution in [3.8, 4) is 0 Å². The third-order valence-corrected chi connectivity index (χ3v) is 5.92. The largest absolute Gasteiger partial charge is 0.350 e. The van der Waals surface area contributed by atoms with Crippen LogP contribution in [0.1, 0.15) is 27.9 Å². The van der Waals surface area contributed by atoms with Gasteiger partial charge in [0.15, 0.2) is 0 Å². The lowest BCUT2D eigenvalue weighted by atomic mass is 10.1. The zero-order valence-corrected chi connectivity index (χ0v) is 17.7. The molecule has 1 aliphatic rings. The maximum atomic E-state index is 12.7. The van der Waals surface area contributed by atoms with Gasteiger partial charge >= 0.3 is 0 Å². The number of amides is 2. The first kappa shape index (κ1) is 20.2. The Balaban J connectivity index is 1.44. The van der Waals surface area contributed by atoms with Crippen molar-refractivity contribution in [2.75, 3.05) is 5.32 Å². The molecule has 4 rings (SSSR count). The van der Waals surface area contributed by atoms with Crippen LogP contribution in [0.5, 0.6) is 0 Å². The molecule has 0 bridgehead atoms. The highest BCUT2D eigenvalue weighted by Gasteiger charge is 2.25. The molecule has 2 amide bonds. The zero-order valence-electron chi connectivity index (χ0n) is 16.9. The summed E-state index contributed by atoms with van der Waals surface area (Å²) in [6.45, 7) is 2.55. The second-order valence-corrected chi connectivity index (χ2v) is 8.39. The van der Waals surface area contributed by atoms with Crippen LogP contribution in [0, 0.1) is 6.92 Å². The zero-order chi connectivity index (χ0) is 20.9. The summed E-state index contributed by atoms with van der Waals surface area (Å²) in [7, 11) is 0. The molecule has 0 atom stereocenters. The van der Waals surface area contributed by atoms with Crippen molar-refractivity contribution in [1.82, 2.24) is 15.1 Å². The maximum absolute atomic E-state index is 12.7. The van der Waals surface area contributed by atoms with Gasteiger partial charge in [-0.2, -0.15) is 16.9 Å². The van der Waals surface area contributed by atoms with Crippen molar-refractivity contribution in [2.24, 2.45) is 0 Å². The van der Waals surface area contributed by atoms with Crippen molar-refractivity contribution in [3.63, 3.8) is 0 Å². The molecule has 0 fully saturated rings. The fraction of sp³-hybridized carbons (Fsp3) is 0.261. The minimum atomic E-state index is -0.137. The molecular formula is C23H24N4O2S. The van der Waals surface area contributed by atoms with Gasteiger partial charge in [0.2, 0.25) is 11.8 Å². The number of aromatic nitrogens is 2. The third-order valence-electron chi connectivity index (χ3n) is 4.95. The molecule has 0 spiro atoms. The summed E-state index contributed by atoms with van der Waals surface area (Å²) >= 11 is 1.76.